The van der Waals surface area contributed by atoms with Gasteiger partial charge >= 0.3 is 0 Å². The van der Waals surface area contributed by atoms with Crippen LogP contribution in [0.15, 0.2) is 52.5 Å². The Morgan fingerprint density at radius 3 is 3.00 bits per heavy atom. The van der Waals surface area contributed by atoms with E-state index in [0.717, 1.165) is 29.4 Å². The van der Waals surface area contributed by atoms with Crippen molar-refractivity contribution in [3.63, 3.8) is 0 Å². The third-order valence-electron chi connectivity index (χ3n) is 4.82. The fourth-order valence-corrected chi connectivity index (χ4v) is 4.53. The van der Waals surface area contributed by atoms with Gasteiger partial charge in [-0.15, -0.1) is 10.6 Å². The predicted octanol–water partition coefficient (Wildman–Crippen LogP) is 2.63. The van der Waals surface area contributed by atoms with Crippen LogP contribution in [0.5, 0.6) is 11.5 Å². The highest BCUT2D eigenvalue weighted by Crippen LogP contribution is 2.40. The summed E-state index contributed by atoms with van der Waals surface area (Å²) >= 11 is 1.70. The van der Waals surface area contributed by atoms with Gasteiger partial charge in [0.1, 0.15) is 11.5 Å². The van der Waals surface area contributed by atoms with Crippen LogP contribution in [0.4, 0.5) is 5.69 Å². The summed E-state index contributed by atoms with van der Waals surface area (Å²) < 4.78 is 9.65. The van der Waals surface area contributed by atoms with Crippen molar-refractivity contribution in [2.75, 3.05) is 18.5 Å². The molecule has 8 heteroatoms. The van der Waals surface area contributed by atoms with Crippen LogP contribution in [-0.2, 0) is 0 Å². The monoisotopic (exact) mass is 368 g/mol. The smallest absolute Gasteiger partial charge is 0.172 e. The molecular formula is C18H20N6OS. The number of amidine groups is 1. The fraction of sp³-hybridized carbons (Fsp3) is 0.278. The Hall–Kier alpha value is -2.42. The van der Waals surface area contributed by atoms with Crippen molar-refractivity contribution in [2.24, 2.45) is 5.10 Å². The van der Waals surface area contributed by atoms with Crippen LogP contribution in [0.1, 0.15) is 18.4 Å². The number of hydrogen-bond acceptors (Lipinski definition) is 8. The molecular weight excluding hydrogens is 348 g/mol. The molecule has 7 nitrogen and oxygen atoms in total. The van der Waals surface area contributed by atoms with Crippen LogP contribution in [0, 0.1) is 0 Å². The number of nitrogens with one attached hydrogen (secondary N) is 3. The third kappa shape index (κ3) is 2.76. The second-order valence-corrected chi connectivity index (χ2v) is 7.43. The summed E-state index contributed by atoms with van der Waals surface area (Å²) in [4.78, 5) is 3.66. The Morgan fingerprint density at radius 1 is 1.19 bits per heavy atom. The lowest BCUT2D eigenvalue weighted by Crippen LogP contribution is -2.41. The van der Waals surface area contributed by atoms with Gasteiger partial charge in [-0.1, -0.05) is 12.1 Å². The van der Waals surface area contributed by atoms with E-state index in [2.05, 4.69) is 44.0 Å². The number of anilines is 1. The van der Waals surface area contributed by atoms with Gasteiger partial charge in [0.15, 0.2) is 5.84 Å². The van der Waals surface area contributed by atoms with E-state index in [1.54, 1.807) is 11.9 Å². The minimum atomic E-state index is 0.461. The van der Waals surface area contributed by atoms with Gasteiger partial charge in [0.25, 0.3) is 0 Å². The minimum Gasteiger partial charge on any atom is -0.457 e. The van der Waals surface area contributed by atoms with Crippen LogP contribution < -0.4 is 25.4 Å². The molecule has 2 aromatic carbocycles. The molecule has 0 aliphatic carbocycles. The van der Waals surface area contributed by atoms with E-state index < -0.39 is 0 Å². The minimum absolute atomic E-state index is 0.461. The van der Waals surface area contributed by atoms with Gasteiger partial charge in [0.2, 0.25) is 0 Å². The first-order valence-corrected chi connectivity index (χ1v) is 9.53. The van der Waals surface area contributed by atoms with E-state index in [9.17, 15) is 0 Å². The quantitative estimate of drug-likeness (QED) is 0.720. The van der Waals surface area contributed by atoms with Gasteiger partial charge in [-0.25, -0.2) is 10.3 Å². The highest BCUT2D eigenvalue weighted by molar-refractivity contribution is 7.97. The molecule has 26 heavy (non-hydrogen) atoms. The second kappa shape index (κ2) is 6.39. The van der Waals surface area contributed by atoms with E-state index in [1.165, 1.54) is 23.4 Å². The number of nitrogens with zero attached hydrogens (tertiary/aromatic N) is 3. The lowest BCUT2D eigenvalue weighted by Gasteiger charge is -2.33. The van der Waals surface area contributed by atoms with Crippen LogP contribution in [-0.4, -0.2) is 30.6 Å². The number of hydrogen-bond donors (Lipinski definition) is 3. The zero-order chi connectivity index (χ0) is 17.5. The number of hydrazine groups is 2. The number of rotatable bonds is 3. The average molecular weight is 368 g/mol. The first-order chi connectivity index (χ1) is 12.8. The van der Waals surface area contributed by atoms with Crippen molar-refractivity contribution in [1.82, 2.24) is 20.8 Å². The summed E-state index contributed by atoms with van der Waals surface area (Å²) in [6, 6.07) is 14.3. The first-order valence-electron chi connectivity index (χ1n) is 8.71. The van der Waals surface area contributed by atoms with Gasteiger partial charge in [0.05, 0.1) is 11.9 Å². The largest absolute Gasteiger partial charge is 0.457 e. The van der Waals surface area contributed by atoms with E-state index in [-0.39, 0.29) is 0 Å². The van der Waals surface area contributed by atoms with Crippen molar-refractivity contribution in [3.05, 3.63) is 48.0 Å². The van der Waals surface area contributed by atoms with Crippen LogP contribution in [0.3, 0.4) is 0 Å². The molecule has 3 aliphatic rings. The Labute approximate surface area is 156 Å². The van der Waals surface area contributed by atoms with E-state index in [0.29, 0.717) is 6.17 Å². The molecule has 1 atom stereocenters. The molecule has 2 aromatic rings. The van der Waals surface area contributed by atoms with E-state index in [1.807, 2.05) is 36.3 Å². The topological polar surface area (TPSA) is 64.2 Å². The van der Waals surface area contributed by atoms with Crippen molar-refractivity contribution in [2.45, 2.75) is 23.9 Å². The molecule has 0 saturated carbocycles. The zero-order valence-corrected chi connectivity index (χ0v) is 15.2. The zero-order valence-electron chi connectivity index (χ0n) is 14.4. The Balaban J connectivity index is 1.39. The normalized spacial score (nSPS) is 21.1. The van der Waals surface area contributed by atoms with Gasteiger partial charge in [-0.3, -0.25) is 5.01 Å². The van der Waals surface area contributed by atoms with Crippen molar-refractivity contribution in [3.8, 4) is 11.5 Å². The molecule has 0 amide bonds. The molecule has 5 rings (SSSR count). The highest BCUT2D eigenvalue weighted by atomic mass is 32.2. The molecule has 134 valence electrons. The summed E-state index contributed by atoms with van der Waals surface area (Å²) in [5.41, 5.74) is 7.95. The second-order valence-electron chi connectivity index (χ2n) is 6.55. The van der Waals surface area contributed by atoms with Crippen LogP contribution >= 0.6 is 11.9 Å². The maximum absolute atomic E-state index is 6.12. The number of hydrazone groups is 1. The maximum Gasteiger partial charge on any atom is 0.172 e. The summed E-state index contributed by atoms with van der Waals surface area (Å²) in [6.45, 7) is 1.12. The SMILES string of the molecule is CN1NNN=C1c1cccc(Oc2ccc3c(c2)SNC2CCCN32)c1. The summed E-state index contributed by atoms with van der Waals surface area (Å²) in [5.74, 6) is 2.45. The average Bonchev–Trinajstić information content (AvgIpc) is 3.30. The third-order valence-corrected chi connectivity index (χ3v) is 5.76. The van der Waals surface area contributed by atoms with Gasteiger partial charge in [0, 0.05) is 24.1 Å². The van der Waals surface area contributed by atoms with Gasteiger partial charge < -0.3 is 9.64 Å². The molecule has 0 bridgehead atoms. The molecule has 0 aromatic heterocycles. The molecule has 3 aliphatic heterocycles. The lowest BCUT2D eigenvalue weighted by atomic mass is 10.2. The molecule has 1 fully saturated rings. The number of ether oxygens (including phenoxy) is 1. The standard InChI is InChI=1S/C18H20N6OS/c1-23-18(19-21-22-23)12-4-2-5-13(10-12)25-14-7-8-15-16(11-14)26-20-17-6-3-9-24(15)17/h2,4-5,7-8,10-11,17,20-22H,3,6,9H2,1H3. The van der Waals surface area contributed by atoms with Gasteiger partial charge in [-0.2, -0.15) is 0 Å². The summed E-state index contributed by atoms with van der Waals surface area (Å²) in [6.07, 6.45) is 2.91. The molecule has 3 N–H and O–H groups in total. The molecule has 0 spiro atoms. The summed E-state index contributed by atoms with van der Waals surface area (Å²) in [5, 5.41) is 6.06. The van der Waals surface area contributed by atoms with Crippen LogP contribution in [0.2, 0.25) is 0 Å². The Morgan fingerprint density at radius 2 is 2.12 bits per heavy atom. The Bertz CT molecular complexity index is 873. The van der Waals surface area contributed by atoms with Crippen LogP contribution in [0.25, 0.3) is 0 Å². The molecule has 0 radical (unpaired) electrons. The lowest BCUT2D eigenvalue weighted by molar-refractivity contribution is 0.349. The Kier molecular flexibility index (Phi) is 3.88. The highest BCUT2D eigenvalue weighted by Gasteiger charge is 2.30. The van der Waals surface area contributed by atoms with Gasteiger partial charge in [-0.05, 0) is 55.1 Å². The first kappa shape index (κ1) is 15.8. The van der Waals surface area contributed by atoms with Crippen molar-refractivity contribution in [1.29, 1.82) is 0 Å². The fourth-order valence-electron chi connectivity index (χ4n) is 3.56. The van der Waals surface area contributed by atoms with E-state index >= 15 is 0 Å². The van der Waals surface area contributed by atoms with Crippen molar-refractivity contribution >= 4 is 23.5 Å². The molecule has 1 saturated heterocycles. The molecule has 3 heterocycles. The van der Waals surface area contributed by atoms with Crippen molar-refractivity contribution < 1.29 is 4.74 Å². The number of fused-ring (bicyclic) bond motifs is 3. The van der Waals surface area contributed by atoms with E-state index in [4.69, 9.17) is 4.74 Å². The number of benzene rings is 2. The summed E-state index contributed by atoms with van der Waals surface area (Å²) in [7, 11) is 1.91. The maximum atomic E-state index is 6.12. The molecule has 1 unspecified atom stereocenters. The predicted molar refractivity (Wildman–Crippen MR) is 103 cm³/mol.